The Kier molecular flexibility index (Phi) is 5.35. The van der Waals surface area contributed by atoms with Crippen molar-refractivity contribution in [2.75, 3.05) is 6.54 Å². The summed E-state index contributed by atoms with van der Waals surface area (Å²) in [5, 5.41) is 11.7. The topological polar surface area (TPSA) is 49.3 Å². The molecule has 1 aromatic carbocycles. The molecule has 2 N–H and O–H groups in total. The van der Waals surface area contributed by atoms with Gasteiger partial charge in [-0.1, -0.05) is 31.5 Å². The van der Waals surface area contributed by atoms with E-state index in [1.54, 1.807) is 0 Å². The molecule has 0 radical (unpaired) electrons. The first-order valence-corrected chi connectivity index (χ1v) is 6.00. The normalized spacial score (nSPS) is 13.3. The van der Waals surface area contributed by atoms with Crippen LogP contribution in [0.3, 0.4) is 0 Å². The smallest absolute Gasteiger partial charge is 0.416 e. The van der Waals surface area contributed by atoms with Crippen LogP contribution in [-0.4, -0.2) is 17.6 Å². The lowest BCUT2D eigenvalue weighted by Gasteiger charge is -2.19. The number of hydrogen-bond donors (Lipinski definition) is 2. The molecule has 0 aliphatic rings. The lowest BCUT2D eigenvalue weighted by atomic mass is 9.99. The Hall–Kier alpha value is -1.56. The minimum Gasteiger partial charge on any atom is -0.480 e. The van der Waals surface area contributed by atoms with Crippen molar-refractivity contribution in [1.82, 2.24) is 5.32 Å². The van der Waals surface area contributed by atoms with Gasteiger partial charge in [0.2, 0.25) is 0 Å². The van der Waals surface area contributed by atoms with E-state index in [2.05, 4.69) is 5.32 Å². The van der Waals surface area contributed by atoms with Gasteiger partial charge in [0.15, 0.2) is 0 Å². The average molecular weight is 275 g/mol. The second-order valence-corrected chi connectivity index (χ2v) is 4.16. The van der Waals surface area contributed by atoms with Gasteiger partial charge in [-0.3, -0.25) is 4.79 Å². The molecule has 0 spiro atoms. The van der Waals surface area contributed by atoms with Gasteiger partial charge in [-0.25, -0.2) is 0 Å². The number of alkyl halides is 3. The van der Waals surface area contributed by atoms with E-state index in [1.165, 1.54) is 18.2 Å². The lowest BCUT2D eigenvalue weighted by Crippen LogP contribution is -2.31. The van der Waals surface area contributed by atoms with E-state index < -0.39 is 23.8 Å². The molecule has 0 fully saturated rings. The van der Waals surface area contributed by atoms with Gasteiger partial charge < -0.3 is 10.4 Å². The second kappa shape index (κ2) is 6.56. The maximum absolute atomic E-state index is 12.8. The van der Waals surface area contributed by atoms with Crippen molar-refractivity contribution in [3.05, 3.63) is 35.4 Å². The fourth-order valence-electron chi connectivity index (χ4n) is 1.76. The lowest BCUT2D eigenvalue weighted by molar-refractivity contribution is -0.142. The van der Waals surface area contributed by atoms with Crippen LogP contribution < -0.4 is 5.32 Å². The van der Waals surface area contributed by atoms with Crippen LogP contribution in [0.4, 0.5) is 13.2 Å². The first-order valence-electron chi connectivity index (χ1n) is 6.00. The molecule has 0 aliphatic carbocycles. The van der Waals surface area contributed by atoms with Gasteiger partial charge in [-0.15, -0.1) is 0 Å². The van der Waals surface area contributed by atoms with Crippen LogP contribution in [0.15, 0.2) is 24.3 Å². The molecule has 3 nitrogen and oxygen atoms in total. The maximum Gasteiger partial charge on any atom is 0.416 e. The summed E-state index contributed by atoms with van der Waals surface area (Å²) in [4.78, 5) is 11.1. The Morgan fingerprint density at radius 2 is 2.00 bits per heavy atom. The molecule has 0 heterocycles. The largest absolute Gasteiger partial charge is 0.480 e. The summed E-state index contributed by atoms with van der Waals surface area (Å²) < 4.78 is 38.5. The molecule has 106 valence electrons. The van der Waals surface area contributed by atoms with Gasteiger partial charge >= 0.3 is 12.1 Å². The van der Waals surface area contributed by atoms with Crippen LogP contribution in [-0.2, 0) is 11.0 Å². The molecule has 0 aliphatic heterocycles. The van der Waals surface area contributed by atoms with Crippen LogP contribution in [0.5, 0.6) is 0 Å². The number of hydrogen-bond acceptors (Lipinski definition) is 2. The zero-order valence-corrected chi connectivity index (χ0v) is 10.5. The van der Waals surface area contributed by atoms with Gasteiger partial charge in [-0.2, -0.15) is 13.2 Å². The summed E-state index contributed by atoms with van der Waals surface area (Å²) in [7, 11) is 0. The predicted molar refractivity (Wildman–Crippen MR) is 64.7 cm³/mol. The third kappa shape index (κ3) is 4.24. The summed E-state index contributed by atoms with van der Waals surface area (Å²) in [6, 6.07) is 3.40. The van der Waals surface area contributed by atoms with E-state index in [-0.39, 0.29) is 5.56 Å². The highest BCUT2D eigenvalue weighted by Crippen LogP contribution is 2.34. The molecule has 1 unspecified atom stereocenters. The molecule has 0 aromatic heterocycles. The van der Waals surface area contributed by atoms with Crippen molar-refractivity contribution in [3.8, 4) is 0 Å². The number of benzene rings is 1. The Morgan fingerprint density at radius 1 is 1.37 bits per heavy atom. The molecule has 1 rings (SSSR count). The summed E-state index contributed by atoms with van der Waals surface area (Å²) in [5.74, 6) is -1.31. The van der Waals surface area contributed by atoms with E-state index >= 15 is 0 Å². The highest BCUT2D eigenvalue weighted by Gasteiger charge is 2.36. The highest BCUT2D eigenvalue weighted by atomic mass is 19.4. The van der Waals surface area contributed by atoms with Crippen LogP contribution in [0.1, 0.15) is 36.9 Å². The summed E-state index contributed by atoms with van der Waals surface area (Å²) >= 11 is 0. The molecule has 6 heteroatoms. The summed E-state index contributed by atoms with van der Waals surface area (Å²) in [6.45, 7) is 2.28. The SMILES string of the molecule is CCCCNC(C(=O)O)c1ccccc1C(F)(F)F. The summed E-state index contributed by atoms with van der Waals surface area (Å²) in [6.07, 6.45) is -3.02. The maximum atomic E-state index is 12.8. The van der Waals surface area contributed by atoms with Gasteiger partial charge in [0, 0.05) is 0 Å². The first kappa shape index (κ1) is 15.5. The minimum atomic E-state index is -4.56. The molecule has 0 saturated heterocycles. The van der Waals surface area contributed by atoms with Crippen LogP contribution >= 0.6 is 0 Å². The van der Waals surface area contributed by atoms with E-state index in [9.17, 15) is 18.0 Å². The third-order valence-electron chi connectivity index (χ3n) is 2.70. The molecule has 0 saturated carbocycles. The predicted octanol–water partition coefficient (Wildman–Crippen LogP) is 3.22. The third-order valence-corrected chi connectivity index (χ3v) is 2.70. The molecular weight excluding hydrogens is 259 g/mol. The molecule has 19 heavy (non-hydrogen) atoms. The van der Waals surface area contributed by atoms with Gasteiger partial charge in [0.1, 0.15) is 6.04 Å². The second-order valence-electron chi connectivity index (χ2n) is 4.16. The van der Waals surface area contributed by atoms with Crippen molar-refractivity contribution in [2.45, 2.75) is 32.0 Å². The number of halogens is 3. The minimum absolute atomic E-state index is 0.251. The van der Waals surface area contributed by atoms with Crippen molar-refractivity contribution < 1.29 is 23.1 Å². The van der Waals surface area contributed by atoms with Crippen molar-refractivity contribution >= 4 is 5.97 Å². The fraction of sp³-hybridized carbons (Fsp3) is 0.462. The fourth-order valence-corrected chi connectivity index (χ4v) is 1.76. The molecule has 1 atom stereocenters. The molecule has 0 bridgehead atoms. The first-order chi connectivity index (χ1) is 8.88. The van der Waals surface area contributed by atoms with E-state index in [0.29, 0.717) is 13.0 Å². The highest BCUT2D eigenvalue weighted by molar-refractivity contribution is 5.76. The number of nitrogens with one attached hydrogen (secondary N) is 1. The van der Waals surface area contributed by atoms with Gasteiger partial charge in [-0.05, 0) is 24.6 Å². The zero-order chi connectivity index (χ0) is 14.5. The van der Waals surface area contributed by atoms with Crippen molar-refractivity contribution in [3.63, 3.8) is 0 Å². The van der Waals surface area contributed by atoms with E-state index in [1.807, 2.05) is 6.92 Å². The zero-order valence-electron chi connectivity index (χ0n) is 10.5. The molecule has 1 aromatic rings. The number of carboxylic acid groups (broad SMARTS) is 1. The average Bonchev–Trinajstić information content (AvgIpc) is 2.33. The van der Waals surface area contributed by atoms with Gasteiger partial charge in [0.05, 0.1) is 5.56 Å². The quantitative estimate of drug-likeness (QED) is 0.784. The Labute approximate surface area is 109 Å². The van der Waals surface area contributed by atoms with Crippen LogP contribution in [0.2, 0.25) is 0 Å². The standard InChI is InChI=1S/C13H16F3NO2/c1-2-3-8-17-11(12(18)19)9-6-4-5-7-10(9)13(14,15)16/h4-7,11,17H,2-3,8H2,1H3,(H,18,19). The number of unbranched alkanes of at least 4 members (excludes halogenated alkanes) is 1. The van der Waals surface area contributed by atoms with Gasteiger partial charge in [0.25, 0.3) is 0 Å². The molecular formula is C13H16F3NO2. The summed E-state index contributed by atoms with van der Waals surface area (Å²) in [5.41, 5.74) is -1.16. The van der Waals surface area contributed by atoms with E-state index in [0.717, 1.165) is 12.5 Å². The van der Waals surface area contributed by atoms with Crippen LogP contribution in [0, 0.1) is 0 Å². The number of rotatable bonds is 6. The Bertz CT molecular complexity index is 432. The van der Waals surface area contributed by atoms with Crippen molar-refractivity contribution in [1.29, 1.82) is 0 Å². The number of carboxylic acids is 1. The van der Waals surface area contributed by atoms with Crippen LogP contribution in [0.25, 0.3) is 0 Å². The van der Waals surface area contributed by atoms with Crippen molar-refractivity contribution in [2.24, 2.45) is 0 Å². The number of aliphatic carboxylic acids is 1. The Balaban J connectivity index is 3.06. The Morgan fingerprint density at radius 3 is 2.53 bits per heavy atom. The number of carbonyl (C=O) groups is 1. The monoisotopic (exact) mass is 275 g/mol. The molecule has 0 amide bonds. The van der Waals surface area contributed by atoms with E-state index in [4.69, 9.17) is 5.11 Å².